The van der Waals surface area contributed by atoms with E-state index in [9.17, 15) is 14.4 Å². The van der Waals surface area contributed by atoms with Gasteiger partial charge in [-0.25, -0.2) is 4.98 Å². The first kappa shape index (κ1) is 22.0. The lowest BCUT2D eigenvalue weighted by Gasteiger charge is -2.35. The zero-order valence-corrected chi connectivity index (χ0v) is 19.7. The minimum absolute atomic E-state index is 0.00832. The molecule has 2 aliphatic heterocycles. The lowest BCUT2D eigenvalue weighted by molar-refractivity contribution is -0.134. The van der Waals surface area contributed by atoms with E-state index in [-0.39, 0.29) is 30.0 Å². The maximum Gasteiger partial charge on any atom is 0.264 e. The number of carbonyl (C=O) groups excluding carboxylic acids is 2. The molecule has 3 unspecified atom stereocenters. The normalized spacial score (nSPS) is 24.6. The number of piperidine rings is 2. The standard InChI is InChI=1S/C23H32N4O3S/c1-14-9-15(2)11-25(10-14)18(28)12-26-13-24-21-19(22(26)29)17(4)20(31-21)23(30)27-8-6-5-7-16(27)3/h13-16H,5-12H2,1-4H3. The van der Waals surface area contributed by atoms with Gasteiger partial charge in [-0.3, -0.25) is 19.0 Å². The van der Waals surface area contributed by atoms with Crippen LogP contribution in [0.25, 0.3) is 10.2 Å². The van der Waals surface area contributed by atoms with Crippen LogP contribution >= 0.6 is 11.3 Å². The molecule has 7 nitrogen and oxygen atoms in total. The summed E-state index contributed by atoms with van der Waals surface area (Å²) in [7, 11) is 0. The Morgan fingerprint density at radius 1 is 1.16 bits per heavy atom. The summed E-state index contributed by atoms with van der Waals surface area (Å²) in [4.78, 5) is 48.6. The van der Waals surface area contributed by atoms with Crippen LogP contribution < -0.4 is 5.56 Å². The molecule has 0 aliphatic carbocycles. The number of likely N-dealkylation sites (tertiary alicyclic amines) is 2. The number of amides is 2. The van der Waals surface area contributed by atoms with E-state index >= 15 is 0 Å². The highest BCUT2D eigenvalue weighted by molar-refractivity contribution is 7.20. The summed E-state index contributed by atoms with van der Waals surface area (Å²) in [6, 6.07) is 0.211. The SMILES string of the molecule is Cc1c(C(=O)N2CCCCC2C)sc2ncn(CC(=O)N3CC(C)CC(C)C3)c(=O)c12. The summed E-state index contributed by atoms with van der Waals surface area (Å²) in [5.41, 5.74) is 0.443. The van der Waals surface area contributed by atoms with Crippen molar-refractivity contribution in [2.45, 2.75) is 66.0 Å². The van der Waals surface area contributed by atoms with Gasteiger partial charge in [0, 0.05) is 25.7 Å². The van der Waals surface area contributed by atoms with Crippen LogP contribution in [-0.2, 0) is 11.3 Å². The quantitative estimate of drug-likeness (QED) is 0.728. The molecule has 4 heterocycles. The number of thiophene rings is 1. The van der Waals surface area contributed by atoms with Gasteiger partial charge in [-0.1, -0.05) is 13.8 Å². The third-order valence-electron chi connectivity index (χ3n) is 6.70. The molecule has 0 N–H and O–H groups in total. The van der Waals surface area contributed by atoms with Crippen molar-refractivity contribution in [2.75, 3.05) is 19.6 Å². The molecule has 2 amide bonds. The predicted octanol–water partition coefficient (Wildman–Crippen LogP) is 3.29. The molecule has 0 saturated carbocycles. The number of carbonyl (C=O) groups is 2. The zero-order valence-electron chi connectivity index (χ0n) is 18.9. The van der Waals surface area contributed by atoms with Crippen LogP contribution in [0.3, 0.4) is 0 Å². The average Bonchev–Trinajstić information content (AvgIpc) is 3.06. The molecule has 2 aromatic heterocycles. The van der Waals surface area contributed by atoms with Crippen LogP contribution in [-0.4, -0.2) is 56.8 Å². The number of rotatable bonds is 3. The van der Waals surface area contributed by atoms with E-state index in [1.54, 1.807) is 0 Å². The molecule has 0 bridgehead atoms. The van der Waals surface area contributed by atoms with E-state index in [0.29, 0.717) is 32.5 Å². The predicted molar refractivity (Wildman–Crippen MR) is 122 cm³/mol. The molecule has 2 fully saturated rings. The lowest BCUT2D eigenvalue weighted by atomic mass is 9.92. The van der Waals surface area contributed by atoms with Gasteiger partial charge >= 0.3 is 0 Å². The van der Waals surface area contributed by atoms with Crippen molar-refractivity contribution in [3.8, 4) is 0 Å². The van der Waals surface area contributed by atoms with Gasteiger partial charge in [0.1, 0.15) is 11.4 Å². The molecule has 2 aliphatic rings. The zero-order chi connectivity index (χ0) is 22.3. The molecule has 2 saturated heterocycles. The van der Waals surface area contributed by atoms with Crippen LogP contribution in [0.4, 0.5) is 0 Å². The fraction of sp³-hybridized carbons (Fsp3) is 0.652. The minimum atomic E-state index is -0.240. The van der Waals surface area contributed by atoms with E-state index < -0.39 is 0 Å². The van der Waals surface area contributed by atoms with Crippen LogP contribution in [0.1, 0.15) is 61.7 Å². The van der Waals surface area contributed by atoms with Crippen molar-refractivity contribution >= 4 is 33.4 Å². The number of aromatic nitrogens is 2. The summed E-state index contributed by atoms with van der Waals surface area (Å²) < 4.78 is 1.39. The van der Waals surface area contributed by atoms with Crippen molar-refractivity contribution in [1.82, 2.24) is 19.4 Å². The summed E-state index contributed by atoms with van der Waals surface area (Å²) in [6.07, 6.45) is 5.74. The maximum absolute atomic E-state index is 13.2. The Morgan fingerprint density at radius 3 is 2.55 bits per heavy atom. The van der Waals surface area contributed by atoms with Crippen LogP contribution in [0.5, 0.6) is 0 Å². The average molecular weight is 445 g/mol. The third-order valence-corrected chi connectivity index (χ3v) is 7.89. The number of aryl methyl sites for hydroxylation is 1. The molecule has 0 spiro atoms. The second-order valence-corrected chi connectivity index (χ2v) is 10.5. The summed E-state index contributed by atoms with van der Waals surface area (Å²) in [6.45, 7) is 10.4. The highest BCUT2D eigenvalue weighted by Crippen LogP contribution is 2.30. The molecule has 4 rings (SSSR count). The van der Waals surface area contributed by atoms with Gasteiger partial charge in [-0.05, 0) is 56.9 Å². The van der Waals surface area contributed by atoms with Gasteiger partial charge in [0.15, 0.2) is 0 Å². The summed E-state index contributed by atoms with van der Waals surface area (Å²) in [5, 5.41) is 0.466. The molecule has 2 aromatic rings. The smallest absolute Gasteiger partial charge is 0.264 e. The van der Waals surface area contributed by atoms with Crippen molar-refractivity contribution in [2.24, 2.45) is 11.8 Å². The Kier molecular flexibility index (Phi) is 6.19. The van der Waals surface area contributed by atoms with Gasteiger partial charge < -0.3 is 9.80 Å². The number of hydrogen-bond acceptors (Lipinski definition) is 5. The Bertz CT molecular complexity index is 1050. The molecule has 31 heavy (non-hydrogen) atoms. The third kappa shape index (κ3) is 4.27. The van der Waals surface area contributed by atoms with Gasteiger partial charge in [0.2, 0.25) is 5.91 Å². The Hall–Kier alpha value is -2.22. The van der Waals surface area contributed by atoms with Gasteiger partial charge in [-0.2, -0.15) is 0 Å². The minimum Gasteiger partial charge on any atom is -0.341 e. The topological polar surface area (TPSA) is 75.5 Å². The molecular weight excluding hydrogens is 412 g/mol. The highest BCUT2D eigenvalue weighted by atomic mass is 32.1. The molecule has 0 aromatic carbocycles. The molecule has 0 radical (unpaired) electrons. The Morgan fingerprint density at radius 2 is 1.87 bits per heavy atom. The fourth-order valence-electron chi connectivity index (χ4n) is 5.12. The molecule has 168 valence electrons. The Labute approximate surface area is 187 Å². The van der Waals surface area contributed by atoms with Crippen molar-refractivity contribution in [3.05, 3.63) is 27.1 Å². The van der Waals surface area contributed by atoms with Crippen LogP contribution in [0, 0.1) is 18.8 Å². The van der Waals surface area contributed by atoms with Crippen molar-refractivity contribution in [1.29, 1.82) is 0 Å². The maximum atomic E-state index is 13.2. The molecule has 3 atom stereocenters. The van der Waals surface area contributed by atoms with Gasteiger partial charge in [0.05, 0.1) is 16.6 Å². The second kappa shape index (κ2) is 8.73. The number of fused-ring (bicyclic) bond motifs is 1. The molecule has 8 heteroatoms. The van der Waals surface area contributed by atoms with Crippen LogP contribution in [0.15, 0.2) is 11.1 Å². The van der Waals surface area contributed by atoms with E-state index in [1.165, 1.54) is 22.2 Å². The first-order valence-electron chi connectivity index (χ1n) is 11.3. The van der Waals surface area contributed by atoms with E-state index in [1.807, 2.05) is 16.7 Å². The van der Waals surface area contributed by atoms with E-state index in [0.717, 1.165) is 45.3 Å². The lowest BCUT2D eigenvalue weighted by Crippen LogP contribution is -2.44. The van der Waals surface area contributed by atoms with Crippen molar-refractivity contribution < 1.29 is 9.59 Å². The Balaban J connectivity index is 1.60. The van der Waals surface area contributed by atoms with E-state index in [4.69, 9.17) is 0 Å². The van der Waals surface area contributed by atoms with Crippen molar-refractivity contribution in [3.63, 3.8) is 0 Å². The highest BCUT2D eigenvalue weighted by Gasteiger charge is 2.29. The van der Waals surface area contributed by atoms with Gasteiger partial charge in [-0.15, -0.1) is 11.3 Å². The summed E-state index contributed by atoms with van der Waals surface area (Å²) >= 11 is 1.29. The largest absolute Gasteiger partial charge is 0.341 e. The second-order valence-electron chi connectivity index (χ2n) is 9.50. The first-order chi connectivity index (χ1) is 14.8. The number of hydrogen-bond donors (Lipinski definition) is 0. The van der Waals surface area contributed by atoms with Gasteiger partial charge in [0.25, 0.3) is 11.5 Å². The summed E-state index contributed by atoms with van der Waals surface area (Å²) in [5.74, 6) is 0.879. The fourth-order valence-corrected chi connectivity index (χ4v) is 6.21. The number of nitrogens with zero attached hydrogens (tertiary/aromatic N) is 4. The van der Waals surface area contributed by atoms with E-state index in [2.05, 4.69) is 25.8 Å². The monoisotopic (exact) mass is 444 g/mol. The first-order valence-corrected chi connectivity index (χ1v) is 12.1. The van der Waals surface area contributed by atoms with Crippen LogP contribution in [0.2, 0.25) is 0 Å². The molecular formula is C23H32N4O3S.